The third-order valence-corrected chi connectivity index (χ3v) is 3.16. The predicted molar refractivity (Wildman–Crippen MR) is 93.9 cm³/mol. The van der Waals surface area contributed by atoms with Gasteiger partial charge >= 0.3 is 0 Å². The molecule has 1 N–H and O–H groups in total. The van der Waals surface area contributed by atoms with Crippen LogP contribution < -0.4 is 4.74 Å². The molecule has 0 amide bonds. The molecule has 0 aliphatic carbocycles. The van der Waals surface area contributed by atoms with Crippen LogP contribution in [0.25, 0.3) is 18.2 Å². The lowest BCUT2D eigenvalue weighted by molar-refractivity contribution is 0.406. The second kappa shape index (κ2) is 7.32. The van der Waals surface area contributed by atoms with E-state index in [1.54, 1.807) is 19.3 Å². The second-order valence-electron chi connectivity index (χ2n) is 5.08. The summed E-state index contributed by atoms with van der Waals surface area (Å²) in [6.07, 6.45) is 7.60. The van der Waals surface area contributed by atoms with Crippen LogP contribution >= 0.6 is 0 Å². The fourth-order valence-corrected chi connectivity index (χ4v) is 2.05. The van der Waals surface area contributed by atoms with E-state index in [9.17, 15) is 5.11 Å². The molecule has 0 aromatic heterocycles. The van der Waals surface area contributed by atoms with Crippen LogP contribution in [0.2, 0.25) is 0 Å². The van der Waals surface area contributed by atoms with E-state index < -0.39 is 0 Å². The summed E-state index contributed by atoms with van der Waals surface area (Å²) in [6, 6.07) is 13.6. The number of phenols is 1. The molecule has 0 heterocycles. The van der Waals surface area contributed by atoms with Gasteiger partial charge in [-0.15, -0.1) is 0 Å². The molecule has 0 radical (unpaired) electrons. The van der Waals surface area contributed by atoms with Gasteiger partial charge in [-0.05, 0) is 36.3 Å². The SMILES string of the molecule is C=C(C)C=Cc1c(O)cc(C=Cc2ccccc2)cc1OC. The lowest BCUT2D eigenvalue weighted by atomic mass is 10.1. The molecule has 0 aliphatic rings. The Morgan fingerprint density at radius 2 is 1.73 bits per heavy atom. The Labute approximate surface area is 131 Å². The minimum Gasteiger partial charge on any atom is -0.507 e. The number of ether oxygens (including phenoxy) is 1. The number of benzene rings is 2. The second-order valence-corrected chi connectivity index (χ2v) is 5.08. The van der Waals surface area contributed by atoms with E-state index in [1.165, 1.54) is 0 Å². The topological polar surface area (TPSA) is 29.5 Å². The van der Waals surface area contributed by atoms with Gasteiger partial charge in [0.25, 0.3) is 0 Å². The summed E-state index contributed by atoms with van der Waals surface area (Å²) in [5.74, 6) is 0.815. The smallest absolute Gasteiger partial charge is 0.130 e. The summed E-state index contributed by atoms with van der Waals surface area (Å²) in [7, 11) is 1.59. The van der Waals surface area contributed by atoms with Crippen molar-refractivity contribution in [1.82, 2.24) is 0 Å². The molecule has 0 bridgehead atoms. The molecule has 2 nitrogen and oxygen atoms in total. The van der Waals surface area contributed by atoms with Gasteiger partial charge in [-0.25, -0.2) is 0 Å². The van der Waals surface area contributed by atoms with Crippen LogP contribution in [0.5, 0.6) is 11.5 Å². The van der Waals surface area contributed by atoms with Crippen LogP contribution in [0.3, 0.4) is 0 Å². The van der Waals surface area contributed by atoms with Crippen LogP contribution in [-0.4, -0.2) is 12.2 Å². The van der Waals surface area contributed by atoms with Gasteiger partial charge in [-0.2, -0.15) is 0 Å². The van der Waals surface area contributed by atoms with E-state index in [4.69, 9.17) is 4.74 Å². The van der Waals surface area contributed by atoms with E-state index in [1.807, 2.05) is 61.5 Å². The summed E-state index contributed by atoms with van der Waals surface area (Å²) < 4.78 is 5.38. The van der Waals surface area contributed by atoms with Gasteiger partial charge in [-0.3, -0.25) is 0 Å². The zero-order chi connectivity index (χ0) is 15.9. The molecule has 2 aromatic carbocycles. The molecule has 2 aromatic rings. The van der Waals surface area contributed by atoms with Crippen LogP contribution in [0.15, 0.2) is 60.7 Å². The molecule has 0 atom stereocenters. The van der Waals surface area contributed by atoms with Crippen LogP contribution in [-0.2, 0) is 0 Å². The van der Waals surface area contributed by atoms with Gasteiger partial charge in [0.15, 0.2) is 0 Å². The van der Waals surface area contributed by atoms with Gasteiger partial charge in [0.05, 0.1) is 12.7 Å². The highest BCUT2D eigenvalue weighted by atomic mass is 16.5. The predicted octanol–water partition coefficient (Wildman–Crippen LogP) is 5.16. The van der Waals surface area contributed by atoms with E-state index >= 15 is 0 Å². The van der Waals surface area contributed by atoms with Crippen molar-refractivity contribution >= 4 is 18.2 Å². The first-order valence-electron chi connectivity index (χ1n) is 7.08. The molecule has 0 unspecified atom stereocenters. The van der Waals surface area contributed by atoms with Crippen molar-refractivity contribution in [1.29, 1.82) is 0 Å². The average molecular weight is 292 g/mol. The summed E-state index contributed by atoms with van der Waals surface area (Å²) in [5.41, 5.74) is 3.55. The molecule has 2 heteroatoms. The van der Waals surface area contributed by atoms with Crippen molar-refractivity contribution < 1.29 is 9.84 Å². The summed E-state index contributed by atoms with van der Waals surface area (Å²) in [4.78, 5) is 0. The molecular formula is C20H20O2. The quantitative estimate of drug-likeness (QED) is 0.609. The Hall–Kier alpha value is -2.74. The highest BCUT2D eigenvalue weighted by Gasteiger charge is 2.07. The van der Waals surface area contributed by atoms with Crippen LogP contribution in [0.1, 0.15) is 23.6 Å². The van der Waals surface area contributed by atoms with Crippen LogP contribution in [0.4, 0.5) is 0 Å². The molecule has 0 saturated carbocycles. The number of hydrogen-bond acceptors (Lipinski definition) is 2. The number of allylic oxidation sites excluding steroid dienone is 2. The molecule has 2 rings (SSSR count). The minimum atomic E-state index is 0.185. The van der Waals surface area contributed by atoms with E-state index in [0.29, 0.717) is 11.3 Å². The van der Waals surface area contributed by atoms with Crippen molar-refractivity contribution in [3.8, 4) is 11.5 Å². The summed E-state index contributed by atoms with van der Waals surface area (Å²) in [5, 5.41) is 10.2. The van der Waals surface area contributed by atoms with Gasteiger partial charge < -0.3 is 9.84 Å². The number of methoxy groups -OCH3 is 1. The zero-order valence-corrected chi connectivity index (χ0v) is 12.9. The van der Waals surface area contributed by atoms with Crippen molar-refractivity contribution in [2.45, 2.75) is 6.92 Å². The largest absolute Gasteiger partial charge is 0.507 e. The van der Waals surface area contributed by atoms with Gasteiger partial charge in [0.1, 0.15) is 11.5 Å². The maximum Gasteiger partial charge on any atom is 0.130 e. The third kappa shape index (κ3) is 4.13. The molecule has 0 saturated heterocycles. The molecule has 22 heavy (non-hydrogen) atoms. The Morgan fingerprint density at radius 3 is 2.36 bits per heavy atom. The normalized spacial score (nSPS) is 11.2. The van der Waals surface area contributed by atoms with Crippen molar-refractivity contribution in [3.63, 3.8) is 0 Å². The van der Waals surface area contributed by atoms with Crippen molar-refractivity contribution in [3.05, 3.63) is 77.4 Å². The Balaban J connectivity index is 2.33. The van der Waals surface area contributed by atoms with Gasteiger partial charge in [-0.1, -0.05) is 60.7 Å². The lowest BCUT2D eigenvalue weighted by Crippen LogP contribution is -1.89. The Bertz CT molecular complexity index is 710. The summed E-state index contributed by atoms with van der Waals surface area (Å²) >= 11 is 0. The monoisotopic (exact) mass is 292 g/mol. The Kier molecular flexibility index (Phi) is 5.21. The van der Waals surface area contributed by atoms with Gasteiger partial charge in [0, 0.05) is 0 Å². The highest BCUT2D eigenvalue weighted by molar-refractivity contribution is 5.74. The number of rotatable bonds is 5. The molecule has 0 spiro atoms. The van der Waals surface area contributed by atoms with E-state index in [0.717, 1.165) is 16.7 Å². The third-order valence-electron chi connectivity index (χ3n) is 3.16. The fourth-order valence-electron chi connectivity index (χ4n) is 2.05. The van der Waals surface area contributed by atoms with Crippen molar-refractivity contribution in [2.75, 3.05) is 7.11 Å². The first kappa shape index (κ1) is 15.6. The number of aromatic hydroxyl groups is 1. The maximum absolute atomic E-state index is 10.2. The summed E-state index contributed by atoms with van der Waals surface area (Å²) in [6.45, 7) is 5.72. The molecule has 0 aliphatic heterocycles. The zero-order valence-electron chi connectivity index (χ0n) is 12.9. The minimum absolute atomic E-state index is 0.185. The van der Waals surface area contributed by atoms with Crippen molar-refractivity contribution in [2.24, 2.45) is 0 Å². The number of hydrogen-bond donors (Lipinski definition) is 1. The molecule has 0 fully saturated rings. The first-order chi connectivity index (χ1) is 10.6. The van der Waals surface area contributed by atoms with Crippen LogP contribution in [0, 0.1) is 0 Å². The molecule has 112 valence electrons. The average Bonchev–Trinajstić information content (AvgIpc) is 2.52. The highest BCUT2D eigenvalue weighted by Crippen LogP contribution is 2.32. The maximum atomic E-state index is 10.2. The van der Waals surface area contributed by atoms with Gasteiger partial charge in [0.2, 0.25) is 0 Å². The van der Waals surface area contributed by atoms with E-state index in [-0.39, 0.29) is 5.75 Å². The Morgan fingerprint density at radius 1 is 1.05 bits per heavy atom. The molecular weight excluding hydrogens is 272 g/mol. The lowest BCUT2D eigenvalue weighted by Gasteiger charge is -2.09. The van der Waals surface area contributed by atoms with E-state index in [2.05, 4.69) is 6.58 Å². The fraction of sp³-hybridized carbons (Fsp3) is 0.100. The standard InChI is InChI=1S/C20H20O2/c1-15(2)9-12-18-19(21)13-17(14-20(18)22-3)11-10-16-7-5-4-6-8-16/h4-14,21H,1H2,2-3H3. The first-order valence-corrected chi connectivity index (χ1v) is 7.08. The number of phenolic OH excluding ortho intramolecular Hbond substituents is 1.